The largest absolute Gasteiger partial charge is 0.497 e. The highest BCUT2D eigenvalue weighted by Gasteiger charge is 2.30. The summed E-state index contributed by atoms with van der Waals surface area (Å²) in [7, 11) is 1.59. The summed E-state index contributed by atoms with van der Waals surface area (Å²) in [6.07, 6.45) is 1.68. The van der Waals surface area contributed by atoms with Crippen LogP contribution in [0, 0.1) is 6.92 Å². The van der Waals surface area contributed by atoms with E-state index in [0.717, 1.165) is 11.1 Å². The summed E-state index contributed by atoms with van der Waals surface area (Å²) in [6.45, 7) is 3.25. The molecule has 1 heterocycles. The molecule has 0 aliphatic carbocycles. The van der Waals surface area contributed by atoms with E-state index in [2.05, 4.69) is 0 Å². The number of ketones is 2. The highest BCUT2D eigenvalue weighted by molar-refractivity contribution is 6.15. The second-order valence-electron chi connectivity index (χ2n) is 5.82. The Balaban J connectivity index is 1.90. The third-order valence-electron chi connectivity index (χ3n) is 3.78. The Labute approximate surface area is 145 Å². The van der Waals surface area contributed by atoms with Crippen LogP contribution in [0.5, 0.6) is 17.2 Å². The number of carbonyl (C=O) groups excluding carboxylic acids is 2. The minimum absolute atomic E-state index is 0.0152. The topological polar surface area (TPSA) is 61.8 Å². The molecule has 0 N–H and O–H groups in total. The summed E-state index contributed by atoms with van der Waals surface area (Å²) >= 11 is 0. The zero-order chi connectivity index (χ0) is 18.0. The van der Waals surface area contributed by atoms with Crippen LogP contribution >= 0.6 is 0 Å². The lowest BCUT2D eigenvalue weighted by Gasteiger charge is -2.07. The van der Waals surface area contributed by atoms with Crippen molar-refractivity contribution in [2.24, 2.45) is 0 Å². The number of carbonyl (C=O) groups is 2. The van der Waals surface area contributed by atoms with Gasteiger partial charge in [0.1, 0.15) is 23.9 Å². The molecule has 1 aliphatic heterocycles. The van der Waals surface area contributed by atoms with Gasteiger partial charge in [0.15, 0.2) is 11.5 Å². The van der Waals surface area contributed by atoms with Crippen molar-refractivity contribution in [1.82, 2.24) is 0 Å². The smallest absolute Gasteiger partial charge is 0.232 e. The van der Waals surface area contributed by atoms with Crippen molar-refractivity contribution in [3.05, 3.63) is 58.8 Å². The van der Waals surface area contributed by atoms with Gasteiger partial charge in [-0.15, -0.1) is 0 Å². The van der Waals surface area contributed by atoms with Crippen LogP contribution < -0.4 is 14.2 Å². The number of fused-ring (bicyclic) bond motifs is 1. The van der Waals surface area contributed by atoms with Crippen molar-refractivity contribution in [3.8, 4) is 17.2 Å². The lowest BCUT2D eigenvalue weighted by Crippen LogP contribution is -2.06. The van der Waals surface area contributed by atoms with E-state index in [1.165, 1.54) is 6.92 Å². The number of Topliss-reactive ketones (excluding diaryl/α,β-unsaturated/α-hetero) is 2. The van der Waals surface area contributed by atoms with Gasteiger partial charge in [0.25, 0.3) is 0 Å². The van der Waals surface area contributed by atoms with E-state index >= 15 is 0 Å². The highest BCUT2D eigenvalue weighted by atomic mass is 16.5. The number of benzene rings is 2. The number of allylic oxidation sites excluding steroid dienone is 1. The average Bonchev–Trinajstić information content (AvgIpc) is 2.89. The number of hydrogen-bond donors (Lipinski definition) is 0. The Kier molecular flexibility index (Phi) is 4.57. The predicted molar refractivity (Wildman–Crippen MR) is 93.3 cm³/mol. The Morgan fingerprint density at radius 2 is 2.00 bits per heavy atom. The molecular weight excluding hydrogens is 320 g/mol. The molecule has 0 bridgehead atoms. The highest BCUT2D eigenvalue weighted by Crippen LogP contribution is 2.37. The van der Waals surface area contributed by atoms with E-state index in [9.17, 15) is 9.59 Å². The minimum atomic E-state index is -0.173. The summed E-state index contributed by atoms with van der Waals surface area (Å²) in [6, 6.07) is 10.7. The van der Waals surface area contributed by atoms with Crippen LogP contribution in [-0.4, -0.2) is 25.3 Å². The zero-order valence-electron chi connectivity index (χ0n) is 14.3. The fraction of sp³-hybridized carbons (Fsp3) is 0.200. The second-order valence-corrected chi connectivity index (χ2v) is 5.82. The third-order valence-corrected chi connectivity index (χ3v) is 3.78. The van der Waals surface area contributed by atoms with Gasteiger partial charge in [-0.3, -0.25) is 9.59 Å². The van der Waals surface area contributed by atoms with E-state index in [4.69, 9.17) is 14.2 Å². The maximum atomic E-state index is 12.6. The van der Waals surface area contributed by atoms with Crippen LogP contribution in [-0.2, 0) is 4.79 Å². The van der Waals surface area contributed by atoms with Gasteiger partial charge in [0.2, 0.25) is 5.78 Å². The van der Waals surface area contributed by atoms with E-state index in [-0.39, 0.29) is 23.9 Å². The van der Waals surface area contributed by atoms with Gasteiger partial charge in [0.05, 0.1) is 12.7 Å². The van der Waals surface area contributed by atoms with E-state index in [0.29, 0.717) is 22.8 Å². The van der Waals surface area contributed by atoms with Crippen molar-refractivity contribution in [2.75, 3.05) is 13.7 Å². The molecule has 5 nitrogen and oxygen atoms in total. The summed E-state index contributed by atoms with van der Waals surface area (Å²) in [4.78, 5) is 23.7. The van der Waals surface area contributed by atoms with Gasteiger partial charge >= 0.3 is 0 Å². The first kappa shape index (κ1) is 16.8. The number of ether oxygens (including phenoxy) is 3. The minimum Gasteiger partial charge on any atom is -0.497 e. The molecule has 25 heavy (non-hydrogen) atoms. The molecule has 0 saturated carbocycles. The molecule has 1 aliphatic rings. The van der Waals surface area contributed by atoms with Crippen LogP contribution in [0.3, 0.4) is 0 Å². The molecule has 0 aromatic heterocycles. The normalized spacial score (nSPS) is 14.2. The molecule has 0 spiro atoms. The van der Waals surface area contributed by atoms with E-state index < -0.39 is 0 Å². The maximum Gasteiger partial charge on any atom is 0.232 e. The van der Waals surface area contributed by atoms with Crippen molar-refractivity contribution in [3.63, 3.8) is 0 Å². The van der Waals surface area contributed by atoms with Gasteiger partial charge in [-0.2, -0.15) is 0 Å². The molecule has 0 saturated heterocycles. The molecule has 2 aromatic rings. The predicted octanol–water partition coefficient (Wildman–Crippen LogP) is 3.59. The Morgan fingerprint density at radius 1 is 1.20 bits per heavy atom. The molecule has 5 heteroatoms. The first-order chi connectivity index (χ1) is 12.0. The Morgan fingerprint density at radius 3 is 2.72 bits per heavy atom. The standard InChI is InChI=1S/C20H18O5/c1-12-7-16(24-11-13(2)21)10-17-19(12)20(22)18(25-17)9-14-5-4-6-15(8-14)23-3/h4-10H,11H2,1-3H3/b18-9-. The first-order valence-electron chi connectivity index (χ1n) is 7.83. The fourth-order valence-electron chi connectivity index (χ4n) is 2.63. The summed E-state index contributed by atoms with van der Waals surface area (Å²) in [5.41, 5.74) is 2.07. The Bertz CT molecular complexity index is 880. The fourth-order valence-corrected chi connectivity index (χ4v) is 2.63. The lowest BCUT2D eigenvalue weighted by atomic mass is 10.0. The van der Waals surface area contributed by atoms with Gasteiger partial charge in [0, 0.05) is 6.07 Å². The quantitative estimate of drug-likeness (QED) is 0.780. The molecule has 128 valence electrons. The summed E-state index contributed by atoms with van der Waals surface area (Å²) in [5.74, 6) is 1.64. The molecule has 0 atom stereocenters. The molecule has 3 rings (SSSR count). The van der Waals surface area contributed by atoms with Crippen LogP contribution in [0.1, 0.15) is 28.4 Å². The van der Waals surface area contributed by atoms with Crippen molar-refractivity contribution in [1.29, 1.82) is 0 Å². The lowest BCUT2D eigenvalue weighted by molar-refractivity contribution is -0.118. The molecule has 0 amide bonds. The van der Waals surface area contributed by atoms with Crippen molar-refractivity contribution >= 4 is 17.6 Å². The average molecular weight is 338 g/mol. The summed E-state index contributed by atoms with van der Waals surface area (Å²) < 4.78 is 16.3. The number of aryl methyl sites for hydroxylation is 1. The van der Waals surface area contributed by atoms with Gasteiger partial charge in [-0.05, 0) is 49.2 Å². The van der Waals surface area contributed by atoms with Crippen LogP contribution in [0.15, 0.2) is 42.2 Å². The van der Waals surface area contributed by atoms with Gasteiger partial charge in [-0.1, -0.05) is 12.1 Å². The van der Waals surface area contributed by atoms with Crippen LogP contribution in [0.2, 0.25) is 0 Å². The zero-order valence-corrected chi connectivity index (χ0v) is 14.3. The molecular formula is C20H18O5. The second kappa shape index (κ2) is 6.81. The van der Waals surface area contributed by atoms with Gasteiger partial charge in [-0.25, -0.2) is 0 Å². The third kappa shape index (κ3) is 3.55. The van der Waals surface area contributed by atoms with Crippen molar-refractivity contribution in [2.45, 2.75) is 13.8 Å². The van der Waals surface area contributed by atoms with Gasteiger partial charge < -0.3 is 14.2 Å². The number of hydrogen-bond acceptors (Lipinski definition) is 5. The first-order valence-corrected chi connectivity index (χ1v) is 7.83. The number of methoxy groups -OCH3 is 1. The van der Waals surface area contributed by atoms with Crippen LogP contribution in [0.25, 0.3) is 6.08 Å². The molecule has 0 fully saturated rings. The summed E-state index contributed by atoms with van der Waals surface area (Å²) in [5, 5.41) is 0. The van der Waals surface area contributed by atoms with Crippen LogP contribution in [0.4, 0.5) is 0 Å². The van der Waals surface area contributed by atoms with Crippen molar-refractivity contribution < 1.29 is 23.8 Å². The van der Waals surface area contributed by atoms with E-state index in [1.807, 2.05) is 31.2 Å². The maximum absolute atomic E-state index is 12.6. The Hall–Kier alpha value is -3.08. The van der Waals surface area contributed by atoms with E-state index in [1.54, 1.807) is 25.3 Å². The monoisotopic (exact) mass is 338 g/mol. The molecule has 2 aromatic carbocycles. The molecule has 0 radical (unpaired) electrons. The molecule has 0 unspecified atom stereocenters. The SMILES string of the molecule is COc1cccc(/C=C2\Oc3cc(OCC(C)=O)cc(C)c3C2=O)c1. The number of rotatable bonds is 5.